The number of sulfone groups is 1. The molecule has 0 radical (unpaired) electrons. The third-order valence-corrected chi connectivity index (χ3v) is 8.42. The molecule has 0 saturated heterocycles. The summed E-state index contributed by atoms with van der Waals surface area (Å²) in [6, 6.07) is 9.62. The summed E-state index contributed by atoms with van der Waals surface area (Å²) in [5.74, 6) is -2.06. The Bertz CT molecular complexity index is 1820. The Morgan fingerprint density at radius 1 is 1.12 bits per heavy atom. The number of nitrogens with zero attached hydrogens (tertiary/aromatic N) is 2. The van der Waals surface area contributed by atoms with E-state index >= 15 is 0 Å². The van der Waals surface area contributed by atoms with E-state index in [1.807, 2.05) is 0 Å². The number of alkyl halides is 3. The van der Waals surface area contributed by atoms with E-state index < -0.39 is 44.6 Å². The van der Waals surface area contributed by atoms with Crippen molar-refractivity contribution in [3.05, 3.63) is 90.2 Å². The molecule has 0 fully saturated rings. The number of primary amides is 1. The number of thiazole rings is 1. The molecular weight excluding hydrogens is 700 g/mol. The molecule has 1 amide bonds. The number of aromatic carboxylic acids is 1. The lowest BCUT2D eigenvalue weighted by atomic mass is 10.1. The van der Waals surface area contributed by atoms with Gasteiger partial charge >= 0.3 is 12.1 Å². The van der Waals surface area contributed by atoms with Crippen molar-refractivity contribution in [1.82, 2.24) is 9.55 Å². The van der Waals surface area contributed by atoms with Crippen molar-refractivity contribution in [2.75, 3.05) is 12.0 Å². The molecule has 41 heavy (non-hydrogen) atoms. The molecule has 0 atom stereocenters. The number of rotatable bonds is 5. The molecule has 4 aromatic rings. The first-order valence-electron chi connectivity index (χ1n) is 11.1. The van der Waals surface area contributed by atoms with Crippen LogP contribution in [0.2, 0.25) is 0 Å². The molecule has 5 N–H and O–H groups in total. The lowest BCUT2D eigenvalue weighted by Gasteiger charge is -2.18. The van der Waals surface area contributed by atoms with Crippen LogP contribution in [0.25, 0.3) is 16.9 Å². The average molecular weight is 720 g/mol. The fraction of sp³-hybridized carbons (Fsp3) is 0.120. The van der Waals surface area contributed by atoms with Crippen LogP contribution in [0.15, 0.2) is 63.6 Å². The largest absolute Gasteiger partial charge is 0.477 e. The van der Waals surface area contributed by atoms with Crippen LogP contribution in [0, 0.1) is 10.5 Å². The number of amides is 1. The number of benzene rings is 2. The maximum absolute atomic E-state index is 13.1. The van der Waals surface area contributed by atoms with Crippen LogP contribution in [-0.4, -0.2) is 41.2 Å². The van der Waals surface area contributed by atoms with Gasteiger partial charge in [-0.25, -0.2) is 18.2 Å². The van der Waals surface area contributed by atoms with E-state index in [4.69, 9.17) is 11.5 Å². The van der Waals surface area contributed by atoms with Crippen LogP contribution in [0.4, 0.5) is 18.3 Å². The van der Waals surface area contributed by atoms with E-state index in [0.29, 0.717) is 16.8 Å². The van der Waals surface area contributed by atoms with Gasteiger partial charge in [0.15, 0.2) is 15.0 Å². The minimum Gasteiger partial charge on any atom is -0.477 e. The molecule has 10 nitrogen and oxygen atoms in total. The number of anilines is 1. The Hall–Kier alpha value is -3.77. The highest BCUT2D eigenvalue weighted by molar-refractivity contribution is 14.1. The van der Waals surface area contributed by atoms with E-state index in [9.17, 15) is 41.1 Å². The molecule has 0 aliphatic heterocycles. The van der Waals surface area contributed by atoms with Crippen LogP contribution >= 0.6 is 33.9 Å². The summed E-state index contributed by atoms with van der Waals surface area (Å²) in [7, 11) is -3.20. The van der Waals surface area contributed by atoms with Crippen molar-refractivity contribution in [3.8, 4) is 16.9 Å². The zero-order chi connectivity index (χ0) is 30.9. The number of carbonyl (C=O) groups excluding carboxylic acids is 1. The van der Waals surface area contributed by atoms with E-state index in [-0.39, 0.29) is 25.0 Å². The fourth-order valence-corrected chi connectivity index (χ4v) is 5.95. The third kappa shape index (κ3) is 7.12. The van der Waals surface area contributed by atoms with Crippen molar-refractivity contribution >= 4 is 60.8 Å². The normalized spacial score (nSPS) is 11.5. The number of nitrogen functional groups attached to an aromatic ring is 1. The lowest BCUT2D eigenvalue weighted by molar-refractivity contribution is -0.137. The van der Waals surface area contributed by atoms with Crippen LogP contribution in [0.3, 0.4) is 0 Å². The Labute approximate surface area is 248 Å². The predicted molar refractivity (Wildman–Crippen MR) is 155 cm³/mol. The van der Waals surface area contributed by atoms with Crippen molar-refractivity contribution < 1.29 is 36.3 Å². The van der Waals surface area contributed by atoms with Gasteiger partial charge in [0.2, 0.25) is 5.91 Å². The third-order valence-electron chi connectivity index (χ3n) is 5.54. The van der Waals surface area contributed by atoms with Gasteiger partial charge in [-0.3, -0.25) is 14.2 Å². The van der Waals surface area contributed by atoms with Crippen molar-refractivity contribution in [2.24, 2.45) is 5.73 Å². The number of aromatic nitrogens is 2. The number of carboxylic acids is 1. The second-order valence-corrected chi connectivity index (χ2v) is 12.4. The standard InChI is InChI=1S/C17H11F3IN3O3S.C8H9NO3S/c1-7-11(10-6-28-16(22)23-10)13(21)12(15(26)27)14(25)24(7)9-4-2-3-8(5-9)17(18,19)20;1-13(11,12)7-4-2-6(3-5-7)8(9)10/h2-6H,1H3,(H2,22,23)(H,26,27);2-5H,1H3,(H2,9,10). The molecule has 0 unspecified atom stereocenters. The molecule has 0 aliphatic carbocycles. The van der Waals surface area contributed by atoms with Crippen LogP contribution in [-0.2, 0) is 16.0 Å². The van der Waals surface area contributed by atoms with Gasteiger partial charge < -0.3 is 16.6 Å². The molecule has 2 aromatic carbocycles. The molecule has 0 aliphatic rings. The van der Waals surface area contributed by atoms with Gasteiger partial charge in [0, 0.05) is 37.7 Å². The summed E-state index contributed by atoms with van der Waals surface area (Å²) < 4.78 is 62.4. The second-order valence-electron chi connectivity index (χ2n) is 8.37. The molecule has 216 valence electrons. The topological polar surface area (TPSA) is 175 Å². The monoisotopic (exact) mass is 720 g/mol. The van der Waals surface area contributed by atoms with Gasteiger partial charge in [-0.05, 0) is 72.0 Å². The SMILES string of the molecule is CS(=O)(=O)c1ccc(C(N)=O)cc1.Cc1c(-c2csc(N)n2)c(I)c(C(=O)O)c(=O)n1-c1cccc(C(F)(F)F)c1. The van der Waals surface area contributed by atoms with Crippen molar-refractivity contribution in [3.63, 3.8) is 0 Å². The molecule has 2 aromatic heterocycles. The maximum Gasteiger partial charge on any atom is 0.416 e. The molecular formula is C25H20F3IN4O6S2. The number of halogens is 4. The number of pyridine rings is 1. The van der Waals surface area contributed by atoms with Crippen LogP contribution < -0.4 is 17.0 Å². The van der Waals surface area contributed by atoms with Gasteiger partial charge in [-0.1, -0.05) is 6.07 Å². The zero-order valence-corrected chi connectivity index (χ0v) is 24.9. The van der Waals surface area contributed by atoms with Crippen LogP contribution in [0.5, 0.6) is 0 Å². The highest BCUT2D eigenvalue weighted by atomic mass is 127. The number of nitrogens with two attached hydrogens (primary N) is 2. The first-order chi connectivity index (χ1) is 18.9. The number of hydrogen-bond acceptors (Lipinski definition) is 8. The first kappa shape index (κ1) is 31.8. The summed E-state index contributed by atoms with van der Waals surface area (Å²) >= 11 is 2.85. The van der Waals surface area contributed by atoms with Gasteiger partial charge in [0.1, 0.15) is 5.56 Å². The zero-order valence-electron chi connectivity index (χ0n) is 21.1. The summed E-state index contributed by atoms with van der Waals surface area (Å²) in [6.07, 6.45) is -3.51. The minimum absolute atomic E-state index is 0.0966. The molecule has 0 saturated carbocycles. The van der Waals surface area contributed by atoms with Crippen molar-refractivity contribution in [2.45, 2.75) is 18.0 Å². The Kier molecular flexibility index (Phi) is 9.29. The number of carbonyl (C=O) groups is 2. The van der Waals surface area contributed by atoms with E-state index in [2.05, 4.69) is 4.98 Å². The minimum atomic E-state index is -4.61. The van der Waals surface area contributed by atoms with E-state index in [1.165, 1.54) is 37.3 Å². The van der Waals surface area contributed by atoms with Crippen LogP contribution in [0.1, 0.15) is 32.0 Å². The second kappa shape index (κ2) is 12.0. The summed E-state index contributed by atoms with van der Waals surface area (Å²) in [4.78, 5) is 39.5. The fourth-order valence-electron chi connectivity index (χ4n) is 3.64. The summed E-state index contributed by atoms with van der Waals surface area (Å²) in [5, 5.41) is 11.4. The van der Waals surface area contributed by atoms with Crippen molar-refractivity contribution in [1.29, 1.82) is 0 Å². The van der Waals surface area contributed by atoms with Gasteiger partial charge in [0.05, 0.1) is 16.2 Å². The van der Waals surface area contributed by atoms with Gasteiger partial charge in [-0.2, -0.15) is 13.2 Å². The maximum atomic E-state index is 13.1. The summed E-state index contributed by atoms with van der Waals surface area (Å²) in [5.41, 5.74) is 9.33. The average Bonchev–Trinajstić information content (AvgIpc) is 3.29. The number of hydrogen-bond donors (Lipinski definition) is 3. The summed E-state index contributed by atoms with van der Waals surface area (Å²) in [6.45, 7) is 1.51. The molecule has 4 rings (SSSR count). The number of carboxylic acid groups (broad SMARTS) is 1. The predicted octanol–water partition coefficient (Wildman–Crippen LogP) is 4.36. The highest BCUT2D eigenvalue weighted by Gasteiger charge is 2.31. The molecule has 16 heteroatoms. The Morgan fingerprint density at radius 3 is 2.20 bits per heavy atom. The molecule has 0 bridgehead atoms. The Balaban J connectivity index is 0.000000298. The molecule has 0 spiro atoms. The first-order valence-corrected chi connectivity index (χ1v) is 15.0. The van der Waals surface area contributed by atoms with Gasteiger partial charge in [-0.15, -0.1) is 11.3 Å². The molecule has 2 heterocycles. The van der Waals surface area contributed by atoms with E-state index in [0.717, 1.165) is 40.4 Å². The lowest BCUT2D eigenvalue weighted by Crippen LogP contribution is -2.29. The highest BCUT2D eigenvalue weighted by Crippen LogP contribution is 2.34. The quantitative estimate of drug-likeness (QED) is 0.255. The Morgan fingerprint density at radius 2 is 1.73 bits per heavy atom. The van der Waals surface area contributed by atoms with E-state index in [1.54, 1.807) is 28.0 Å². The smallest absolute Gasteiger partial charge is 0.416 e. The van der Waals surface area contributed by atoms with Gasteiger partial charge in [0.25, 0.3) is 5.56 Å².